The van der Waals surface area contributed by atoms with Crippen molar-refractivity contribution < 1.29 is 19.1 Å². The Morgan fingerprint density at radius 1 is 1.24 bits per heavy atom. The Balaban J connectivity index is 1.31. The summed E-state index contributed by atoms with van der Waals surface area (Å²) in [6.45, 7) is 0.148. The van der Waals surface area contributed by atoms with Crippen LogP contribution < -0.4 is 5.32 Å². The van der Waals surface area contributed by atoms with Crippen molar-refractivity contribution in [2.24, 2.45) is 5.92 Å². The number of nitrogens with zero attached hydrogens (tertiary/aromatic N) is 5. The van der Waals surface area contributed by atoms with E-state index in [1.807, 2.05) is 0 Å². The Morgan fingerprint density at radius 2 is 2.09 bits per heavy atom. The number of halogens is 2. The SMILES string of the molecule is O=C(NCc1cc(Cl)ccc1-n1cnnn1)[C@@H]1C[C@H]2C[C@H]2N1C(=O)C(O)c1cccc(F)c1. The molecule has 2 amide bonds. The number of nitrogens with one attached hydrogen (secondary N) is 1. The zero-order valence-electron chi connectivity index (χ0n) is 17.3. The standard InChI is InChI=1S/C22H20ClFN6O3/c23-15-4-5-17(29-11-26-27-28-29)14(6-15)10-25-21(32)19-9-13-8-18(13)30(19)22(33)20(31)12-2-1-3-16(24)7-12/h1-7,11,13,18-20,31H,8-10H2,(H,25,32)/t13-,18-,19+,20?/m1/s1. The molecule has 170 valence electrons. The van der Waals surface area contributed by atoms with Crippen molar-refractivity contribution in [1.29, 1.82) is 0 Å². The van der Waals surface area contributed by atoms with E-state index in [1.54, 1.807) is 18.2 Å². The van der Waals surface area contributed by atoms with Gasteiger partial charge in [0.15, 0.2) is 6.10 Å². The summed E-state index contributed by atoms with van der Waals surface area (Å²) < 4.78 is 15.0. The van der Waals surface area contributed by atoms with Gasteiger partial charge in [-0.15, -0.1) is 5.10 Å². The molecule has 2 heterocycles. The van der Waals surface area contributed by atoms with Crippen LogP contribution in [-0.4, -0.2) is 54.1 Å². The van der Waals surface area contributed by atoms with Crippen LogP contribution >= 0.6 is 11.6 Å². The zero-order chi connectivity index (χ0) is 23.1. The van der Waals surface area contributed by atoms with Crippen LogP contribution in [0.25, 0.3) is 5.69 Å². The lowest BCUT2D eigenvalue weighted by Crippen LogP contribution is -2.49. The van der Waals surface area contributed by atoms with Crippen LogP contribution in [0.4, 0.5) is 4.39 Å². The second-order valence-electron chi connectivity index (χ2n) is 8.26. The zero-order valence-corrected chi connectivity index (χ0v) is 18.1. The molecule has 0 spiro atoms. The van der Waals surface area contributed by atoms with Gasteiger partial charge in [-0.2, -0.15) is 0 Å². The predicted octanol–water partition coefficient (Wildman–Crippen LogP) is 1.79. The van der Waals surface area contributed by atoms with Crippen molar-refractivity contribution in [3.8, 4) is 5.69 Å². The molecule has 2 aliphatic rings. The van der Waals surface area contributed by atoms with Crippen molar-refractivity contribution >= 4 is 23.4 Å². The number of aromatic nitrogens is 4. The third-order valence-electron chi connectivity index (χ3n) is 6.15. The fourth-order valence-corrected chi connectivity index (χ4v) is 4.65. The highest BCUT2D eigenvalue weighted by molar-refractivity contribution is 6.30. The van der Waals surface area contributed by atoms with E-state index in [0.29, 0.717) is 22.7 Å². The number of tetrazole rings is 1. The van der Waals surface area contributed by atoms with Crippen LogP contribution in [-0.2, 0) is 16.1 Å². The number of aliphatic hydroxyl groups is 1. The number of benzene rings is 2. The molecule has 1 unspecified atom stereocenters. The molecule has 0 bridgehead atoms. The summed E-state index contributed by atoms with van der Waals surface area (Å²) in [5.74, 6) is -1.24. The fraction of sp³-hybridized carbons (Fsp3) is 0.318. The molecule has 3 aromatic rings. The lowest BCUT2D eigenvalue weighted by atomic mass is 10.1. The molecule has 9 nitrogen and oxygen atoms in total. The van der Waals surface area contributed by atoms with Gasteiger partial charge in [-0.3, -0.25) is 9.59 Å². The van der Waals surface area contributed by atoms with Crippen LogP contribution in [0, 0.1) is 11.7 Å². The first kappa shape index (κ1) is 21.5. The van der Waals surface area contributed by atoms with E-state index in [0.717, 1.165) is 12.5 Å². The Hall–Kier alpha value is -3.37. The number of aliphatic hydroxyl groups excluding tert-OH is 1. The molecule has 5 rings (SSSR count). The highest BCUT2D eigenvalue weighted by Crippen LogP contribution is 2.48. The van der Waals surface area contributed by atoms with Gasteiger partial charge < -0.3 is 15.3 Å². The molecule has 1 aliphatic heterocycles. The van der Waals surface area contributed by atoms with Gasteiger partial charge in [-0.25, -0.2) is 9.07 Å². The van der Waals surface area contributed by atoms with Crippen molar-refractivity contribution in [2.45, 2.75) is 37.6 Å². The molecule has 1 aliphatic carbocycles. The number of hydrogen-bond acceptors (Lipinski definition) is 6. The number of hydrogen-bond donors (Lipinski definition) is 2. The minimum Gasteiger partial charge on any atom is -0.378 e. The molecular weight excluding hydrogens is 451 g/mol. The summed E-state index contributed by atoms with van der Waals surface area (Å²) in [4.78, 5) is 27.6. The molecule has 11 heteroatoms. The van der Waals surface area contributed by atoms with Gasteiger partial charge in [0.2, 0.25) is 5.91 Å². The van der Waals surface area contributed by atoms with Crippen LogP contribution in [0.2, 0.25) is 5.02 Å². The molecule has 4 atom stereocenters. The van der Waals surface area contributed by atoms with Crippen LogP contribution in [0.5, 0.6) is 0 Å². The van der Waals surface area contributed by atoms with E-state index in [4.69, 9.17) is 11.6 Å². The Bertz CT molecular complexity index is 1210. The van der Waals surface area contributed by atoms with Gasteiger partial charge >= 0.3 is 0 Å². The maximum Gasteiger partial charge on any atom is 0.256 e. The lowest BCUT2D eigenvalue weighted by Gasteiger charge is -2.29. The highest BCUT2D eigenvalue weighted by atomic mass is 35.5. The summed E-state index contributed by atoms with van der Waals surface area (Å²) in [6, 6.07) is 9.64. The molecule has 0 radical (unpaired) electrons. The van der Waals surface area contributed by atoms with Crippen molar-refractivity contribution in [2.75, 3.05) is 0 Å². The number of amides is 2. The van der Waals surface area contributed by atoms with E-state index < -0.39 is 23.9 Å². The predicted molar refractivity (Wildman–Crippen MR) is 115 cm³/mol. The largest absolute Gasteiger partial charge is 0.378 e. The summed E-state index contributed by atoms with van der Waals surface area (Å²) in [7, 11) is 0. The Kier molecular flexibility index (Phi) is 5.55. The first-order valence-corrected chi connectivity index (χ1v) is 10.9. The van der Waals surface area contributed by atoms with Gasteiger partial charge in [-0.05, 0) is 70.6 Å². The van der Waals surface area contributed by atoms with Crippen molar-refractivity contribution in [3.05, 3.63) is 70.8 Å². The Morgan fingerprint density at radius 3 is 2.85 bits per heavy atom. The molecule has 1 saturated carbocycles. The molecule has 2 fully saturated rings. The van der Waals surface area contributed by atoms with E-state index in [-0.39, 0.29) is 30.0 Å². The van der Waals surface area contributed by atoms with Gasteiger partial charge in [0.25, 0.3) is 5.91 Å². The van der Waals surface area contributed by atoms with E-state index in [2.05, 4.69) is 20.8 Å². The van der Waals surface area contributed by atoms with Crippen LogP contribution in [0.15, 0.2) is 48.8 Å². The number of fused-ring (bicyclic) bond motifs is 1. The maximum atomic E-state index is 13.6. The van der Waals surface area contributed by atoms with Crippen LogP contribution in [0.1, 0.15) is 30.1 Å². The van der Waals surface area contributed by atoms with Gasteiger partial charge in [0.05, 0.1) is 5.69 Å². The smallest absolute Gasteiger partial charge is 0.256 e. The number of carbonyl (C=O) groups excluding carboxylic acids is 2. The number of piperidine rings is 1. The highest BCUT2D eigenvalue weighted by Gasteiger charge is 2.56. The molecule has 1 aromatic heterocycles. The quantitative estimate of drug-likeness (QED) is 0.568. The normalized spacial score (nSPS) is 22.0. The summed E-state index contributed by atoms with van der Waals surface area (Å²) >= 11 is 6.13. The average Bonchev–Trinajstić information content (AvgIpc) is 3.20. The third kappa shape index (κ3) is 4.19. The minimum absolute atomic E-state index is 0.0839. The van der Waals surface area contributed by atoms with Gasteiger partial charge in [-0.1, -0.05) is 23.7 Å². The molecule has 2 N–H and O–H groups in total. The van der Waals surface area contributed by atoms with Crippen LogP contribution in [0.3, 0.4) is 0 Å². The maximum absolute atomic E-state index is 13.6. The first-order chi connectivity index (χ1) is 15.9. The molecule has 2 aromatic carbocycles. The molecular formula is C22H20ClFN6O3. The summed E-state index contributed by atoms with van der Waals surface area (Å²) in [6.07, 6.45) is 1.22. The Labute approximate surface area is 193 Å². The van der Waals surface area contributed by atoms with E-state index in [9.17, 15) is 19.1 Å². The number of likely N-dealkylation sites (tertiary alicyclic amines) is 1. The van der Waals surface area contributed by atoms with E-state index in [1.165, 1.54) is 34.1 Å². The van der Waals surface area contributed by atoms with E-state index >= 15 is 0 Å². The second-order valence-corrected chi connectivity index (χ2v) is 8.70. The lowest BCUT2D eigenvalue weighted by molar-refractivity contribution is -0.147. The summed E-state index contributed by atoms with van der Waals surface area (Å²) in [5, 5.41) is 25.1. The monoisotopic (exact) mass is 470 g/mol. The van der Waals surface area contributed by atoms with Crippen molar-refractivity contribution in [3.63, 3.8) is 0 Å². The second kappa shape index (κ2) is 8.53. The minimum atomic E-state index is -1.53. The van der Waals surface area contributed by atoms with Gasteiger partial charge in [0, 0.05) is 17.6 Å². The van der Waals surface area contributed by atoms with Gasteiger partial charge in [0.1, 0.15) is 18.2 Å². The fourth-order valence-electron chi connectivity index (χ4n) is 4.46. The summed E-state index contributed by atoms with van der Waals surface area (Å²) in [5.41, 5.74) is 1.52. The first-order valence-electron chi connectivity index (χ1n) is 10.5. The number of rotatable bonds is 6. The topological polar surface area (TPSA) is 113 Å². The third-order valence-corrected chi connectivity index (χ3v) is 6.39. The molecule has 33 heavy (non-hydrogen) atoms. The number of carbonyl (C=O) groups is 2. The molecule has 1 saturated heterocycles. The van der Waals surface area contributed by atoms with Crippen molar-refractivity contribution in [1.82, 2.24) is 30.4 Å². The average molecular weight is 471 g/mol.